The molecule has 1 aliphatic heterocycles. The van der Waals surface area contributed by atoms with Crippen molar-refractivity contribution in [2.45, 2.75) is 12.6 Å². The number of hydrogen-bond donors (Lipinski definition) is 0. The van der Waals surface area contributed by atoms with Crippen LogP contribution in [0, 0.1) is 5.92 Å². The van der Waals surface area contributed by atoms with E-state index in [0.717, 1.165) is 34.2 Å². The number of halogens is 4. The van der Waals surface area contributed by atoms with Gasteiger partial charge in [0, 0.05) is 28.8 Å². The van der Waals surface area contributed by atoms with E-state index in [2.05, 4.69) is 20.9 Å². The number of pyridine rings is 1. The summed E-state index contributed by atoms with van der Waals surface area (Å²) in [6, 6.07) is 6.68. The number of aromatic nitrogens is 1. The van der Waals surface area contributed by atoms with E-state index < -0.39 is 21.9 Å². The van der Waals surface area contributed by atoms with Crippen LogP contribution in [-0.2, 0) is 26.9 Å². The third-order valence-electron chi connectivity index (χ3n) is 4.15. The van der Waals surface area contributed by atoms with E-state index in [1.54, 1.807) is 6.20 Å². The molecule has 0 saturated heterocycles. The zero-order chi connectivity index (χ0) is 19.8. The van der Waals surface area contributed by atoms with Gasteiger partial charge in [0.2, 0.25) is 0 Å². The van der Waals surface area contributed by atoms with Crippen LogP contribution in [0.15, 0.2) is 41.0 Å². The first-order valence-corrected chi connectivity index (χ1v) is 10.6. The summed E-state index contributed by atoms with van der Waals surface area (Å²) in [6.07, 6.45) is -1.29. The second-order valence-electron chi connectivity index (χ2n) is 6.33. The summed E-state index contributed by atoms with van der Waals surface area (Å²) in [5, 5.41) is 0. The maximum absolute atomic E-state index is 12.8. The highest BCUT2D eigenvalue weighted by molar-refractivity contribution is 9.10. The molecule has 5 nitrogen and oxygen atoms in total. The predicted octanol–water partition coefficient (Wildman–Crippen LogP) is 4.15. The Morgan fingerprint density at radius 3 is 2.56 bits per heavy atom. The average molecular weight is 465 g/mol. The topological polar surface area (TPSA) is 59.5 Å². The van der Waals surface area contributed by atoms with Crippen molar-refractivity contribution in [3.63, 3.8) is 0 Å². The Balaban J connectivity index is 1.93. The van der Waals surface area contributed by atoms with E-state index in [0.29, 0.717) is 18.7 Å². The Morgan fingerprint density at radius 2 is 1.96 bits per heavy atom. The smallest absolute Gasteiger partial charge is 0.340 e. The molecule has 2 aromatic rings. The summed E-state index contributed by atoms with van der Waals surface area (Å²) in [5.74, 6) is -0.178. The van der Waals surface area contributed by atoms with E-state index >= 15 is 0 Å². The minimum absolute atomic E-state index is 0.0207. The maximum atomic E-state index is 12.8. The van der Waals surface area contributed by atoms with Crippen LogP contribution in [0.5, 0.6) is 0 Å². The fourth-order valence-corrected chi connectivity index (χ4v) is 3.71. The molecule has 3 rings (SSSR count). The van der Waals surface area contributed by atoms with Gasteiger partial charge in [0.05, 0.1) is 29.8 Å². The molecule has 0 fully saturated rings. The van der Waals surface area contributed by atoms with Crippen LogP contribution in [0.3, 0.4) is 0 Å². The van der Waals surface area contributed by atoms with Crippen molar-refractivity contribution in [3.8, 4) is 0 Å². The Kier molecular flexibility index (Phi) is 5.51. The molecule has 0 bridgehead atoms. The first-order chi connectivity index (χ1) is 12.5. The van der Waals surface area contributed by atoms with Crippen LogP contribution in [0.1, 0.15) is 11.3 Å². The van der Waals surface area contributed by atoms with Crippen LogP contribution in [0.25, 0.3) is 0 Å². The highest BCUT2D eigenvalue weighted by atomic mass is 79.9. The molecule has 146 valence electrons. The second-order valence-corrected chi connectivity index (χ2v) is 8.89. The molecule has 1 aromatic carbocycles. The minimum Gasteiger partial charge on any atom is -0.340 e. The molecule has 0 N–H and O–H groups in total. The number of alkyl halides is 3. The quantitative estimate of drug-likeness (QED) is 0.636. The van der Waals surface area contributed by atoms with Gasteiger partial charge < -0.3 is 4.90 Å². The number of fused-ring (bicyclic) bond motifs is 1. The number of nitrogens with zero attached hydrogens (tertiary/aromatic N) is 2. The lowest BCUT2D eigenvalue weighted by molar-refractivity contribution is -0.137. The van der Waals surface area contributed by atoms with Gasteiger partial charge in [-0.25, -0.2) is 0 Å². The van der Waals surface area contributed by atoms with Gasteiger partial charge in [0.15, 0.2) is 0 Å². The van der Waals surface area contributed by atoms with Gasteiger partial charge in [-0.2, -0.15) is 21.6 Å². The van der Waals surface area contributed by atoms with Gasteiger partial charge in [-0.3, -0.25) is 9.17 Å². The monoisotopic (exact) mass is 464 g/mol. The van der Waals surface area contributed by atoms with Gasteiger partial charge >= 0.3 is 6.18 Å². The van der Waals surface area contributed by atoms with Crippen LogP contribution < -0.4 is 4.90 Å². The van der Waals surface area contributed by atoms with Gasteiger partial charge in [0.1, 0.15) is 0 Å². The van der Waals surface area contributed by atoms with E-state index in [4.69, 9.17) is 4.18 Å². The number of hydrogen-bond acceptors (Lipinski definition) is 5. The van der Waals surface area contributed by atoms with Crippen LogP contribution in [-0.4, -0.2) is 32.8 Å². The lowest BCUT2D eigenvalue weighted by Gasteiger charge is -2.35. The molecular weight excluding hydrogens is 449 g/mol. The SMILES string of the molecule is CS(=O)(=O)OCC1Cc2ncc(Br)cc2N(c2ccc(C(F)(F)F)cc2)C1. The van der Waals surface area contributed by atoms with Gasteiger partial charge in [0.25, 0.3) is 10.1 Å². The summed E-state index contributed by atoms with van der Waals surface area (Å²) in [7, 11) is -3.58. The summed E-state index contributed by atoms with van der Waals surface area (Å²) in [4.78, 5) is 6.20. The minimum atomic E-state index is -4.41. The summed E-state index contributed by atoms with van der Waals surface area (Å²) < 4.78 is 66.7. The second kappa shape index (κ2) is 7.40. The van der Waals surface area contributed by atoms with Crippen LogP contribution in [0.4, 0.5) is 24.5 Å². The van der Waals surface area contributed by atoms with E-state index in [9.17, 15) is 21.6 Å². The number of rotatable bonds is 4. The molecule has 0 amide bonds. The Labute approximate surface area is 163 Å². The molecule has 0 saturated carbocycles. The highest BCUT2D eigenvalue weighted by Gasteiger charge is 2.31. The van der Waals surface area contributed by atoms with Crippen molar-refractivity contribution >= 4 is 37.4 Å². The Bertz CT molecular complexity index is 933. The lowest BCUT2D eigenvalue weighted by atomic mass is 9.96. The summed E-state index contributed by atoms with van der Waals surface area (Å²) >= 11 is 3.36. The third-order valence-corrected chi connectivity index (χ3v) is 5.15. The standard InChI is InChI=1S/C17H16BrF3N2O3S/c1-27(24,25)26-10-11-6-15-16(7-13(18)8-22-15)23(9-11)14-4-2-12(3-5-14)17(19,20)21/h2-5,7-8,11H,6,9-10H2,1H3. The molecule has 2 heterocycles. The van der Waals surface area contributed by atoms with Crippen molar-refractivity contribution in [2.24, 2.45) is 5.92 Å². The van der Waals surface area contributed by atoms with Crippen molar-refractivity contribution in [3.05, 3.63) is 52.3 Å². The Morgan fingerprint density at radius 1 is 1.30 bits per heavy atom. The average Bonchev–Trinajstić information content (AvgIpc) is 2.58. The molecule has 1 unspecified atom stereocenters. The normalized spacial score (nSPS) is 17.7. The largest absolute Gasteiger partial charge is 0.416 e. The molecule has 1 aliphatic rings. The molecule has 0 aliphatic carbocycles. The zero-order valence-electron chi connectivity index (χ0n) is 14.2. The Hall–Kier alpha value is -1.65. The van der Waals surface area contributed by atoms with Gasteiger partial charge in [-0.05, 0) is 52.7 Å². The molecule has 0 spiro atoms. The number of anilines is 2. The molecule has 27 heavy (non-hydrogen) atoms. The van der Waals surface area contributed by atoms with E-state index in [-0.39, 0.29) is 12.5 Å². The van der Waals surface area contributed by atoms with Crippen LogP contribution >= 0.6 is 15.9 Å². The fourth-order valence-electron chi connectivity index (χ4n) is 2.95. The first kappa shape index (κ1) is 20.1. The summed E-state index contributed by atoms with van der Waals surface area (Å²) in [5.41, 5.74) is 1.33. The molecule has 0 radical (unpaired) electrons. The fraction of sp³-hybridized carbons (Fsp3) is 0.353. The van der Waals surface area contributed by atoms with E-state index in [1.807, 2.05) is 11.0 Å². The third kappa shape index (κ3) is 4.99. The first-order valence-electron chi connectivity index (χ1n) is 7.96. The van der Waals surface area contributed by atoms with Crippen molar-refractivity contribution in [2.75, 3.05) is 24.3 Å². The zero-order valence-corrected chi connectivity index (χ0v) is 16.6. The molecular formula is C17H16BrF3N2O3S. The molecule has 1 aromatic heterocycles. The van der Waals surface area contributed by atoms with Gasteiger partial charge in [-0.1, -0.05) is 0 Å². The van der Waals surface area contributed by atoms with Crippen molar-refractivity contribution < 1.29 is 25.8 Å². The molecule has 1 atom stereocenters. The highest BCUT2D eigenvalue weighted by Crippen LogP contribution is 2.37. The van der Waals surface area contributed by atoms with Gasteiger partial charge in [-0.15, -0.1) is 0 Å². The molecule has 10 heteroatoms. The summed E-state index contributed by atoms with van der Waals surface area (Å²) in [6.45, 7) is 0.374. The van der Waals surface area contributed by atoms with Crippen molar-refractivity contribution in [1.82, 2.24) is 4.98 Å². The van der Waals surface area contributed by atoms with Crippen LogP contribution in [0.2, 0.25) is 0 Å². The maximum Gasteiger partial charge on any atom is 0.416 e. The predicted molar refractivity (Wildman–Crippen MR) is 98.4 cm³/mol. The lowest BCUT2D eigenvalue weighted by Crippen LogP contribution is -2.35. The number of benzene rings is 1. The van der Waals surface area contributed by atoms with E-state index in [1.165, 1.54) is 12.1 Å². The van der Waals surface area contributed by atoms with Crippen molar-refractivity contribution in [1.29, 1.82) is 0 Å².